The minimum Gasteiger partial charge on any atom is -0.371 e. The molecule has 0 bridgehead atoms. The highest BCUT2D eigenvalue weighted by Crippen LogP contribution is 2.24. The third-order valence-electron chi connectivity index (χ3n) is 3.72. The molecule has 0 unspecified atom stereocenters. The summed E-state index contributed by atoms with van der Waals surface area (Å²) in [4.78, 5) is 2.29. The van der Waals surface area contributed by atoms with Crippen LogP contribution in [0.25, 0.3) is 0 Å². The highest BCUT2D eigenvalue weighted by atomic mass is 19.1. The van der Waals surface area contributed by atoms with Gasteiger partial charge in [0.15, 0.2) is 0 Å². The van der Waals surface area contributed by atoms with Crippen molar-refractivity contribution in [1.29, 1.82) is 0 Å². The maximum atomic E-state index is 13.1. The molecule has 1 aliphatic carbocycles. The van der Waals surface area contributed by atoms with Crippen molar-refractivity contribution in [1.82, 2.24) is 5.32 Å². The molecule has 1 aromatic rings. The van der Waals surface area contributed by atoms with Gasteiger partial charge in [0.05, 0.1) is 0 Å². The van der Waals surface area contributed by atoms with Crippen LogP contribution in [0.1, 0.15) is 25.7 Å². The zero-order valence-electron chi connectivity index (χ0n) is 10.0. The molecule has 3 rings (SSSR count). The van der Waals surface area contributed by atoms with Crippen LogP contribution in [0.3, 0.4) is 0 Å². The molecule has 0 aromatic heterocycles. The summed E-state index contributed by atoms with van der Waals surface area (Å²) in [5.41, 5.74) is 1.02. The van der Waals surface area contributed by atoms with Gasteiger partial charge in [0, 0.05) is 30.9 Å². The Hall–Kier alpha value is -1.09. The third-order valence-corrected chi connectivity index (χ3v) is 3.72. The molecule has 1 aromatic carbocycles. The maximum absolute atomic E-state index is 13.1. The highest BCUT2D eigenvalue weighted by molar-refractivity contribution is 5.46. The normalized spacial score (nSPS) is 21.8. The van der Waals surface area contributed by atoms with Gasteiger partial charge in [-0.05, 0) is 43.9 Å². The van der Waals surface area contributed by atoms with Gasteiger partial charge in [0.2, 0.25) is 0 Å². The first kappa shape index (κ1) is 11.0. The van der Waals surface area contributed by atoms with Crippen LogP contribution >= 0.6 is 0 Å². The average molecular weight is 234 g/mol. The van der Waals surface area contributed by atoms with Gasteiger partial charge >= 0.3 is 0 Å². The van der Waals surface area contributed by atoms with Crippen molar-refractivity contribution in [3.8, 4) is 0 Å². The Kier molecular flexibility index (Phi) is 3.02. The number of nitrogens with zero attached hydrogens (tertiary/aromatic N) is 1. The second-order valence-corrected chi connectivity index (χ2v) is 5.18. The molecule has 2 fully saturated rings. The molecule has 0 amide bonds. The van der Waals surface area contributed by atoms with Crippen LogP contribution < -0.4 is 10.2 Å². The molecule has 1 N–H and O–H groups in total. The van der Waals surface area contributed by atoms with E-state index in [9.17, 15) is 4.39 Å². The summed E-state index contributed by atoms with van der Waals surface area (Å²) >= 11 is 0. The maximum Gasteiger partial charge on any atom is 0.125 e. The van der Waals surface area contributed by atoms with Gasteiger partial charge in [-0.25, -0.2) is 4.39 Å². The molecule has 1 aliphatic heterocycles. The predicted molar refractivity (Wildman–Crippen MR) is 67.8 cm³/mol. The van der Waals surface area contributed by atoms with E-state index in [-0.39, 0.29) is 5.82 Å². The van der Waals surface area contributed by atoms with Crippen molar-refractivity contribution in [2.45, 2.75) is 37.8 Å². The molecule has 2 aliphatic rings. The highest BCUT2D eigenvalue weighted by Gasteiger charge is 2.27. The fourth-order valence-electron chi connectivity index (χ4n) is 2.56. The lowest BCUT2D eigenvalue weighted by Crippen LogP contribution is -2.43. The number of hydrogen-bond acceptors (Lipinski definition) is 2. The van der Waals surface area contributed by atoms with E-state index < -0.39 is 0 Å². The fraction of sp³-hybridized carbons (Fsp3) is 0.571. The zero-order valence-corrected chi connectivity index (χ0v) is 10.0. The molecule has 0 spiro atoms. The zero-order chi connectivity index (χ0) is 11.7. The molecular weight excluding hydrogens is 215 g/mol. The van der Waals surface area contributed by atoms with Crippen molar-refractivity contribution in [3.05, 3.63) is 30.1 Å². The van der Waals surface area contributed by atoms with E-state index in [0.29, 0.717) is 6.04 Å². The first-order valence-corrected chi connectivity index (χ1v) is 6.58. The van der Waals surface area contributed by atoms with Crippen LogP contribution in [-0.4, -0.2) is 25.2 Å². The van der Waals surface area contributed by atoms with Crippen LogP contribution in [0.5, 0.6) is 0 Å². The summed E-state index contributed by atoms with van der Waals surface area (Å²) in [6.07, 6.45) is 5.05. The summed E-state index contributed by atoms with van der Waals surface area (Å²) in [5.74, 6) is -0.138. The summed E-state index contributed by atoms with van der Waals surface area (Å²) in [6.45, 7) is 2.07. The minimum absolute atomic E-state index is 0.138. The van der Waals surface area contributed by atoms with E-state index in [4.69, 9.17) is 0 Å². The lowest BCUT2D eigenvalue weighted by molar-refractivity contribution is 0.412. The molecule has 1 heterocycles. The Labute approximate surface area is 102 Å². The molecule has 0 atom stereocenters. The SMILES string of the molecule is Fc1cccc(N2CCC(NC3CC3)CC2)c1. The van der Waals surface area contributed by atoms with Gasteiger partial charge in [-0.15, -0.1) is 0 Å². The summed E-state index contributed by atoms with van der Waals surface area (Å²) in [7, 11) is 0. The van der Waals surface area contributed by atoms with Crippen molar-refractivity contribution in [3.63, 3.8) is 0 Å². The van der Waals surface area contributed by atoms with Gasteiger partial charge in [-0.1, -0.05) is 6.07 Å². The Balaban J connectivity index is 1.56. The summed E-state index contributed by atoms with van der Waals surface area (Å²) < 4.78 is 13.1. The van der Waals surface area contributed by atoms with E-state index in [1.54, 1.807) is 12.1 Å². The second kappa shape index (κ2) is 4.65. The molecule has 2 nitrogen and oxygen atoms in total. The Morgan fingerprint density at radius 2 is 1.76 bits per heavy atom. The quantitative estimate of drug-likeness (QED) is 0.864. The molecule has 3 heteroatoms. The van der Waals surface area contributed by atoms with Crippen molar-refractivity contribution in [2.75, 3.05) is 18.0 Å². The Bertz CT molecular complexity index is 382. The Morgan fingerprint density at radius 3 is 2.41 bits per heavy atom. The molecule has 1 saturated heterocycles. The number of halogens is 1. The second-order valence-electron chi connectivity index (χ2n) is 5.18. The average Bonchev–Trinajstić information content (AvgIpc) is 3.14. The molecule has 17 heavy (non-hydrogen) atoms. The molecule has 0 radical (unpaired) electrons. The van der Waals surface area contributed by atoms with Crippen LogP contribution in [0.15, 0.2) is 24.3 Å². The van der Waals surface area contributed by atoms with E-state index >= 15 is 0 Å². The lowest BCUT2D eigenvalue weighted by Gasteiger charge is -2.34. The lowest BCUT2D eigenvalue weighted by atomic mass is 10.0. The number of rotatable bonds is 3. The van der Waals surface area contributed by atoms with Crippen molar-refractivity contribution < 1.29 is 4.39 Å². The largest absolute Gasteiger partial charge is 0.371 e. The molecular formula is C14H19FN2. The predicted octanol–water partition coefficient (Wildman–Crippen LogP) is 2.55. The third kappa shape index (κ3) is 2.78. The van der Waals surface area contributed by atoms with Gasteiger partial charge in [-0.3, -0.25) is 0 Å². The van der Waals surface area contributed by atoms with Crippen LogP contribution in [0, 0.1) is 5.82 Å². The van der Waals surface area contributed by atoms with Gasteiger partial charge in [0.25, 0.3) is 0 Å². The molecule has 1 saturated carbocycles. The van der Waals surface area contributed by atoms with Gasteiger partial charge < -0.3 is 10.2 Å². The first-order valence-electron chi connectivity index (χ1n) is 6.58. The van der Waals surface area contributed by atoms with Crippen molar-refractivity contribution in [2.24, 2.45) is 0 Å². The number of hydrogen-bond donors (Lipinski definition) is 1. The Morgan fingerprint density at radius 1 is 1.06 bits per heavy atom. The van der Waals surface area contributed by atoms with E-state index in [1.807, 2.05) is 6.07 Å². The summed E-state index contributed by atoms with van der Waals surface area (Å²) in [5, 5.41) is 3.68. The fourth-order valence-corrected chi connectivity index (χ4v) is 2.56. The van der Waals surface area contributed by atoms with E-state index in [0.717, 1.165) is 24.8 Å². The van der Waals surface area contributed by atoms with Gasteiger partial charge in [0.1, 0.15) is 5.82 Å². The number of piperidine rings is 1. The minimum atomic E-state index is -0.138. The summed E-state index contributed by atoms with van der Waals surface area (Å²) in [6, 6.07) is 8.39. The topological polar surface area (TPSA) is 15.3 Å². The first-order chi connectivity index (χ1) is 8.31. The molecule has 92 valence electrons. The van der Waals surface area contributed by atoms with Gasteiger partial charge in [-0.2, -0.15) is 0 Å². The number of nitrogens with one attached hydrogen (secondary N) is 1. The van der Waals surface area contributed by atoms with Crippen LogP contribution in [0.4, 0.5) is 10.1 Å². The smallest absolute Gasteiger partial charge is 0.125 e. The van der Waals surface area contributed by atoms with Crippen LogP contribution in [0.2, 0.25) is 0 Å². The number of benzene rings is 1. The standard InChI is InChI=1S/C14H19FN2/c15-11-2-1-3-14(10-11)17-8-6-13(7-9-17)16-12-4-5-12/h1-3,10,12-13,16H,4-9H2. The van der Waals surface area contributed by atoms with Crippen LogP contribution in [-0.2, 0) is 0 Å². The van der Waals surface area contributed by atoms with Crippen molar-refractivity contribution >= 4 is 5.69 Å². The van der Waals surface area contributed by atoms with E-state index in [2.05, 4.69) is 10.2 Å². The monoisotopic (exact) mass is 234 g/mol. The van der Waals surface area contributed by atoms with E-state index in [1.165, 1.54) is 31.7 Å². The number of anilines is 1.